The molecule has 0 atom stereocenters. The van der Waals surface area contributed by atoms with Crippen molar-refractivity contribution in [2.45, 2.75) is 0 Å². The molecule has 1 N–H and O–H groups in total. The Morgan fingerprint density at radius 1 is 1.03 bits per heavy atom. The number of nitrogens with one attached hydrogen (secondary N) is 1. The summed E-state index contributed by atoms with van der Waals surface area (Å²) in [5, 5.41) is 24.8. The average Bonchev–Trinajstić information content (AvgIpc) is 3.18. The molecule has 10 nitrogen and oxygen atoms in total. The molecule has 148 valence electrons. The van der Waals surface area contributed by atoms with Gasteiger partial charge in [-0.1, -0.05) is 28.1 Å². The Morgan fingerprint density at radius 3 is 2.14 bits per heavy atom. The van der Waals surface area contributed by atoms with E-state index >= 15 is 0 Å². The summed E-state index contributed by atoms with van der Waals surface area (Å²) in [6.07, 6.45) is 0. The topological polar surface area (TPSA) is 138 Å². The molecule has 0 aliphatic carbocycles. The maximum absolute atomic E-state index is 12.4. The number of amides is 1. The van der Waals surface area contributed by atoms with Crippen LogP contribution in [-0.4, -0.2) is 22.9 Å². The number of halogens is 1. The van der Waals surface area contributed by atoms with E-state index in [-0.39, 0.29) is 11.4 Å². The zero-order chi connectivity index (χ0) is 21.1. The van der Waals surface area contributed by atoms with Crippen LogP contribution in [0.3, 0.4) is 0 Å². The van der Waals surface area contributed by atoms with Gasteiger partial charge < -0.3 is 14.5 Å². The molecule has 0 aliphatic heterocycles. The van der Waals surface area contributed by atoms with Crippen LogP contribution >= 0.6 is 15.9 Å². The lowest BCUT2D eigenvalue weighted by atomic mass is 10.2. The minimum absolute atomic E-state index is 0.0657. The summed E-state index contributed by atoms with van der Waals surface area (Å²) in [6.45, 7) is 0. The summed E-state index contributed by atoms with van der Waals surface area (Å²) in [6, 6.07) is 12.2. The summed E-state index contributed by atoms with van der Waals surface area (Å²) in [4.78, 5) is 33.2. The molecule has 0 saturated heterocycles. The number of methoxy groups -OCH3 is 1. The quantitative estimate of drug-likeness (QED) is 0.411. The summed E-state index contributed by atoms with van der Waals surface area (Å²) in [5.74, 6) is -0.853. The third kappa shape index (κ3) is 4.24. The standard InChI is InChI=1S/C18H12BrN3O7/c1-28-17-13(21(24)25)8-12(9-14(17)22(26)27)20-18(23)16-7-6-15(29-16)10-2-4-11(19)5-3-10/h2-9H,1H3,(H,20,23). The number of nitrogens with zero attached hydrogens (tertiary/aromatic N) is 2. The minimum Gasteiger partial charge on any atom is -0.485 e. The van der Waals surface area contributed by atoms with Gasteiger partial charge >= 0.3 is 11.4 Å². The van der Waals surface area contributed by atoms with Gasteiger partial charge in [-0.2, -0.15) is 0 Å². The number of hydrogen-bond donors (Lipinski definition) is 1. The van der Waals surface area contributed by atoms with E-state index in [4.69, 9.17) is 9.15 Å². The molecule has 1 amide bonds. The monoisotopic (exact) mass is 461 g/mol. The Morgan fingerprint density at radius 2 is 1.62 bits per heavy atom. The number of anilines is 1. The van der Waals surface area contributed by atoms with Gasteiger partial charge in [-0.15, -0.1) is 0 Å². The van der Waals surface area contributed by atoms with Crippen LogP contribution < -0.4 is 10.1 Å². The first-order valence-electron chi connectivity index (χ1n) is 7.98. The van der Waals surface area contributed by atoms with Crippen molar-refractivity contribution < 1.29 is 23.8 Å². The number of carbonyl (C=O) groups is 1. The van der Waals surface area contributed by atoms with Crippen molar-refractivity contribution in [2.75, 3.05) is 12.4 Å². The Hall–Kier alpha value is -3.73. The highest BCUT2D eigenvalue weighted by molar-refractivity contribution is 9.10. The molecule has 3 aromatic rings. The van der Waals surface area contributed by atoms with Crippen LogP contribution in [0, 0.1) is 20.2 Å². The van der Waals surface area contributed by atoms with Crippen LogP contribution in [0.25, 0.3) is 11.3 Å². The molecule has 29 heavy (non-hydrogen) atoms. The third-order valence-corrected chi connectivity index (χ3v) is 4.39. The molecule has 1 heterocycles. The van der Waals surface area contributed by atoms with Gasteiger partial charge in [-0.25, -0.2) is 0 Å². The third-order valence-electron chi connectivity index (χ3n) is 3.86. The molecule has 1 aromatic heterocycles. The summed E-state index contributed by atoms with van der Waals surface area (Å²) in [7, 11) is 1.08. The first-order valence-corrected chi connectivity index (χ1v) is 8.77. The van der Waals surface area contributed by atoms with Crippen molar-refractivity contribution >= 4 is 38.9 Å². The van der Waals surface area contributed by atoms with E-state index in [1.165, 1.54) is 6.07 Å². The second kappa shape index (κ2) is 8.10. The number of hydrogen-bond acceptors (Lipinski definition) is 7. The van der Waals surface area contributed by atoms with E-state index < -0.39 is 32.9 Å². The smallest absolute Gasteiger partial charge is 0.320 e. The van der Waals surface area contributed by atoms with Crippen molar-refractivity contribution in [3.8, 4) is 17.1 Å². The van der Waals surface area contributed by atoms with Crippen molar-refractivity contribution in [1.29, 1.82) is 0 Å². The van der Waals surface area contributed by atoms with Crippen LogP contribution in [0.2, 0.25) is 0 Å². The van der Waals surface area contributed by atoms with Gasteiger partial charge in [0, 0.05) is 22.2 Å². The molecule has 0 saturated carbocycles. The number of benzene rings is 2. The van der Waals surface area contributed by atoms with Gasteiger partial charge in [-0.05, 0) is 24.3 Å². The van der Waals surface area contributed by atoms with Crippen LogP contribution in [-0.2, 0) is 0 Å². The van der Waals surface area contributed by atoms with Crippen molar-refractivity contribution in [3.63, 3.8) is 0 Å². The van der Waals surface area contributed by atoms with Crippen LogP contribution in [0.5, 0.6) is 5.75 Å². The molecule has 0 bridgehead atoms. The lowest BCUT2D eigenvalue weighted by Gasteiger charge is -2.07. The van der Waals surface area contributed by atoms with Gasteiger partial charge in [-0.3, -0.25) is 25.0 Å². The van der Waals surface area contributed by atoms with E-state index in [0.29, 0.717) is 5.76 Å². The van der Waals surface area contributed by atoms with E-state index in [9.17, 15) is 25.0 Å². The second-order valence-corrected chi connectivity index (χ2v) is 6.60. The lowest BCUT2D eigenvalue weighted by molar-refractivity contribution is -0.395. The highest BCUT2D eigenvalue weighted by atomic mass is 79.9. The predicted octanol–water partition coefficient (Wildman–Crippen LogP) is 4.79. The largest absolute Gasteiger partial charge is 0.485 e. The molecule has 2 aromatic carbocycles. The van der Waals surface area contributed by atoms with Gasteiger partial charge in [0.05, 0.1) is 22.6 Å². The van der Waals surface area contributed by atoms with Crippen LogP contribution in [0.4, 0.5) is 17.1 Å². The van der Waals surface area contributed by atoms with E-state index in [1.807, 2.05) is 12.1 Å². The molecule has 0 fully saturated rings. The fourth-order valence-electron chi connectivity index (χ4n) is 2.57. The molecular weight excluding hydrogens is 450 g/mol. The maximum atomic E-state index is 12.4. The minimum atomic E-state index is -0.833. The highest BCUT2D eigenvalue weighted by Crippen LogP contribution is 2.39. The van der Waals surface area contributed by atoms with Crippen molar-refractivity contribution in [2.24, 2.45) is 0 Å². The fraction of sp³-hybridized carbons (Fsp3) is 0.0556. The number of nitro groups is 2. The molecule has 3 rings (SSSR count). The zero-order valence-electron chi connectivity index (χ0n) is 14.7. The normalized spacial score (nSPS) is 10.4. The zero-order valence-corrected chi connectivity index (χ0v) is 16.3. The van der Waals surface area contributed by atoms with Crippen molar-refractivity contribution in [3.05, 3.63) is 79.0 Å². The van der Waals surface area contributed by atoms with Crippen LogP contribution in [0.1, 0.15) is 10.6 Å². The summed E-state index contributed by atoms with van der Waals surface area (Å²) < 4.78 is 11.2. The average molecular weight is 462 g/mol. The Balaban J connectivity index is 1.90. The Labute approximate surface area is 171 Å². The Kier molecular flexibility index (Phi) is 5.59. The van der Waals surface area contributed by atoms with Crippen molar-refractivity contribution in [1.82, 2.24) is 0 Å². The second-order valence-electron chi connectivity index (χ2n) is 5.69. The molecule has 11 heteroatoms. The fourth-order valence-corrected chi connectivity index (χ4v) is 2.84. The number of carbonyl (C=O) groups excluding carboxylic acids is 1. The SMILES string of the molecule is COc1c([N+](=O)[O-])cc(NC(=O)c2ccc(-c3ccc(Br)cc3)o2)cc1[N+](=O)[O-]. The van der Waals surface area contributed by atoms with E-state index in [0.717, 1.165) is 29.3 Å². The number of nitro benzene ring substituents is 2. The predicted molar refractivity (Wildman–Crippen MR) is 106 cm³/mol. The maximum Gasteiger partial charge on any atom is 0.320 e. The van der Waals surface area contributed by atoms with Gasteiger partial charge in [0.2, 0.25) is 0 Å². The molecule has 0 unspecified atom stereocenters. The highest BCUT2D eigenvalue weighted by Gasteiger charge is 2.28. The molecular formula is C18H12BrN3O7. The van der Waals surface area contributed by atoms with Gasteiger partial charge in [0.1, 0.15) is 5.76 Å². The number of ether oxygens (including phenoxy) is 1. The molecule has 0 spiro atoms. The molecule has 0 aliphatic rings. The lowest BCUT2D eigenvalue weighted by Crippen LogP contribution is -2.11. The Bertz CT molecular complexity index is 1070. The number of rotatable bonds is 6. The summed E-state index contributed by atoms with van der Waals surface area (Å²) >= 11 is 3.33. The first-order chi connectivity index (χ1) is 13.8. The van der Waals surface area contributed by atoms with E-state index in [1.54, 1.807) is 18.2 Å². The van der Waals surface area contributed by atoms with Gasteiger partial charge in [0.15, 0.2) is 5.76 Å². The number of furan rings is 1. The van der Waals surface area contributed by atoms with Crippen LogP contribution in [0.15, 0.2) is 57.4 Å². The van der Waals surface area contributed by atoms with Gasteiger partial charge in [0.25, 0.3) is 11.7 Å². The van der Waals surface area contributed by atoms with E-state index in [2.05, 4.69) is 21.2 Å². The molecule has 0 radical (unpaired) electrons. The first kappa shape index (κ1) is 20.0. The summed E-state index contributed by atoms with van der Waals surface area (Å²) in [5.41, 5.74) is -0.697.